The monoisotopic (exact) mass is 392 g/mol. The molecule has 2 rings (SSSR count). The van der Waals surface area contributed by atoms with Crippen LogP contribution in [0.15, 0.2) is 48.5 Å². The topological polar surface area (TPSA) is 67.4 Å². The summed E-state index contributed by atoms with van der Waals surface area (Å²) in [6, 6.07) is 13.1. The number of hydrogen-bond donors (Lipinski definition) is 2. The van der Waals surface area contributed by atoms with Gasteiger partial charge in [-0.25, -0.2) is 0 Å². The van der Waals surface area contributed by atoms with Gasteiger partial charge in [0.1, 0.15) is 11.8 Å². The number of hydrogen-bond acceptors (Lipinski definition) is 4. The molecule has 1 atom stereocenters. The van der Waals surface area contributed by atoms with Crippen LogP contribution in [0.3, 0.4) is 0 Å². The fourth-order valence-corrected chi connectivity index (χ4v) is 2.93. The second kappa shape index (κ2) is 10.1. The van der Waals surface area contributed by atoms with E-state index in [1.807, 2.05) is 6.26 Å². The van der Waals surface area contributed by atoms with Crippen LogP contribution in [0, 0.1) is 0 Å². The average Bonchev–Trinajstić information content (AvgIpc) is 2.66. The average molecular weight is 393 g/mol. The Morgan fingerprint density at radius 2 is 1.85 bits per heavy atom. The second-order valence-electron chi connectivity index (χ2n) is 5.50. The lowest BCUT2D eigenvalue weighted by molar-refractivity contribution is -0.118. The van der Waals surface area contributed by atoms with Gasteiger partial charge in [0.2, 0.25) is 5.91 Å². The number of para-hydroxylation sites is 1. The minimum absolute atomic E-state index is 0.273. The van der Waals surface area contributed by atoms with Gasteiger partial charge >= 0.3 is 0 Å². The summed E-state index contributed by atoms with van der Waals surface area (Å²) >= 11 is 7.47. The Morgan fingerprint density at radius 3 is 2.50 bits per heavy atom. The van der Waals surface area contributed by atoms with E-state index >= 15 is 0 Å². The van der Waals surface area contributed by atoms with Gasteiger partial charge in [-0.05, 0) is 54.8 Å². The third-order valence-electron chi connectivity index (χ3n) is 3.70. The van der Waals surface area contributed by atoms with E-state index in [0.29, 0.717) is 28.4 Å². The van der Waals surface area contributed by atoms with Gasteiger partial charge in [0, 0.05) is 10.7 Å². The fourth-order valence-electron chi connectivity index (χ4n) is 2.34. The van der Waals surface area contributed by atoms with Crippen LogP contribution in [0.25, 0.3) is 0 Å². The first-order valence-corrected chi connectivity index (χ1v) is 9.81. The summed E-state index contributed by atoms with van der Waals surface area (Å²) in [6.45, 7) is 0. The van der Waals surface area contributed by atoms with Crippen LogP contribution >= 0.6 is 23.4 Å². The van der Waals surface area contributed by atoms with Gasteiger partial charge in [0.05, 0.1) is 12.7 Å². The van der Waals surface area contributed by atoms with Gasteiger partial charge in [-0.15, -0.1) is 0 Å². The number of halogens is 1. The van der Waals surface area contributed by atoms with Crippen LogP contribution in [-0.2, 0) is 4.79 Å². The molecule has 0 fully saturated rings. The first-order chi connectivity index (χ1) is 12.5. The van der Waals surface area contributed by atoms with E-state index in [4.69, 9.17) is 16.3 Å². The molecule has 7 heteroatoms. The fraction of sp³-hybridized carbons (Fsp3) is 0.263. The number of methoxy groups -OCH3 is 1. The predicted molar refractivity (Wildman–Crippen MR) is 107 cm³/mol. The summed E-state index contributed by atoms with van der Waals surface area (Å²) in [5.74, 6) is 0.585. The molecule has 0 saturated heterocycles. The molecule has 0 aromatic heterocycles. The van der Waals surface area contributed by atoms with E-state index in [1.165, 1.54) is 7.11 Å². The quantitative estimate of drug-likeness (QED) is 0.716. The number of ether oxygens (including phenoxy) is 1. The van der Waals surface area contributed by atoms with Crippen LogP contribution in [0.5, 0.6) is 5.75 Å². The molecule has 0 aliphatic rings. The first kappa shape index (κ1) is 20.1. The Balaban J connectivity index is 2.11. The van der Waals surface area contributed by atoms with E-state index in [2.05, 4.69) is 10.6 Å². The van der Waals surface area contributed by atoms with Crippen molar-refractivity contribution in [1.29, 1.82) is 0 Å². The van der Waals surface area contributed by atoms with Gasteiger partial charge in [-0.2, -0.15) is 11.8 Å². The van der Waals surface area contributed by atoms with Crippen molar-refractivity contribution < 1.29 is 14.3 Å². The highest BCUT2D eigenvalue weighted by Gasteiger charge is 2.22. The molecule has 2 N–H and O–H groups in total. The zero-order valence-electron chi connectivity index (χ0n) is 14.6. The van der Waals surface area contributed by atoms with Crippen molar-refractivity contribution in [3.63, 3.8) is 0 Å². The summed E-state index contributed by atoms with van der Waals surface area (Å²) in [6.07, 6.45) is 2.47. The van der Waals surface area contributed by atoms with Gasteiger partial charge < -0.3 is 15.4 Å². The molecule has 5 nitrogen and oxygen atoms in total. The van der Waals surface area contributed by atoms with Crippen molar-refractivity contribution in [2.75, 3.05) is 24.4 Å². The van der Waals surface area contributed by atoms with E-state index < -0.39 is 6.04 Å². The maximum Gasteiger partial charge on any atom is 0.255 e. The number of thioether (sulfide) groups is 1. The predicted octanol–water partition coefficient (Wildman–Crippen LogP) is 3.84. The standard InChI is InChI=1S/C19H21ClN2O3S/c1-25-17-6-4-3-5-15(17)18(23)22-16(11-12-26-2)19(24)21-14-9-7-13(20)8-10-14/h3-10,16H,11-12H2,1-2H3,(H,21,24)(H,22,23)/t16-/m1/s1. The normalized spacial score (nSPS) is 11.5. The molecule has 0 radical (unpaired) electrons. The third-order valence-corrected chi connectivity index (χ3v) is 4.59. The number of nitrogens with one attached hydrogen (secondary N) is 2. The van der Waals surface area contributed by atoms with Crippen molar-refractivity contribution >= 4 is 40.9 Å². The van der Waals surface area contributed by atoms with E-state index in [1.54, 1.807) is 60.3 Å². The second-order valence-corrected chi connectivity index (χ2v) is 6.93. The Hall–Kier alpha value is -2.18. The van der Waals surface area contributed by atoms with Gasteiger partial charge in [-0.1, -0.05) is 23.7 Å². The number of carbonyl (C=O) groups excluding carboxylic acids is 2. The molecule has 2 aromatic rings. The van der Waals surface area contributed by atoms with Crippen LogP contribution < -0.4 is 15.4 Å². The minimum Gasteiger partial charge on any atom is -0.496 e. The molecular weight excluding hydrogens is 372 g/mol. The molecule has 2 aromatic carbocycles. The smallest absolute Gasteiger partial charge is 0.255 e. The molecule has 0 saturated carbocycles. The largest absolute Gasteiger partial charge is 0.496 e. The van der Waals surface area contributed by atoms with Crippen molar-refractivity contribution in [2.24, 2.45) is 0 Å². The lowest BCUT2D eigenvalue weighted by atomic mass is 10.1. The highest BCUT2D eigenvalue weighted by atomic mass is 35.5. The molecule has 0 aliphatic heterocycles. The summed E-state index contributed by atoms with van der Waals surface area (Å²) in [7, 11) is 1.50. The van der Waals surface area contributed by atoms with Crippen molar-refractivity contribution in [1.82, 2.24) is 5.32 Å². The maximum atomic E-state index is 12.6. The van der Waals surface area contributed by atoms with E-state index in [0.717, 1.165) is 5.75 Å². The van der Waals surface area contributed by atoms with Crippen LogP contribution in [0.1, 0.15) is 16.8 Å². The molecule has 0 heterocycles. The highest BCUT2D eigenvalue weighted by Crippen LogP contribution is 2.18. The summed E-state index contributed by atoms with van der Waals surface area (Å²) in [4.78, 5) is 25.2. The Labute approximate surface area is 162 Å². The molecule has 2 amide bonds. The summed E-state index contributed by atoms with van der Waals surface area (Å²) in [5, 5.41) is 6.20. The third kappa shape index (κ3) is 5.68. The summed E-state index contributed by atoms with van der Waals surface area (Å²) in [5.41, 5.74) is 1.02. The van der Waals surface area contributed by atoms with Crippen molar-refractivity contribution in [2.45, 2.75) is 12.5 Å². The lowest BCUT2D eigenvalue weighted by Crippen LogP contribution is -2.44. The SMILES string of the molecule is COc1ccccc1C(=O)N[C@H](CCSC)C(=O)Nc1ccc(Cl)cc1. The number of benzene rings is 2. The minimum atomic E-state index is -0.657. The van der Waals surface area contributed by atoms with Crippen LogP contribution in [0.2, 0.25) is 5.02 Å². The number of anilines is 1. The first-order valence-electron chi connectivity index (χ1n) is 8.04. The van der Waals surface area contributed by atoms with Crippen molar-refractivity contribution in [3.8, 4) is 5.75 Å². The zero-order valence-corrected chi connectivity index (χ0v) is 16.2. The van der Waals surface area contributed by atoms with E-state index in [-0.39, 0.29) is 11.8 Å². The number of amides is 2. The molecule has 0 unspecified atom stereocenters. The molecule has 138 valence electrons. The van der Waals surface area contributed by atoms with E-state index in [9.17, 15) is 9.59 Å². The zero-order chi connectivity index (χ0) is 18.9. The van der Waals surface area contributed by atoms with Gasteiger partial charge in [0.25, 0.3) is 5.91 Å². The van der Waals surface area contributed by atoms with Crippen LogP contribution in [-0.4, -0.2) is 37.0 Å². The van der Waals surface area contributed by atoms with Crippen molar-refractivity contribution in [3.05, 3.63) is 59.1 Å². The number of rotatable bonds is 8. The maximum absolute atomic E-state index is 12.6. The van der Waals surface area contributed by atoms with Gasteiger partial charge in [0.15, 0.2) is 0 Å². The molecule has 0 aliphatic carbocycles. The molecule has 26 heavy (non-hydrogen) atoms. The summed E-state index contributed by atoms with van der Waals surface area (Å²) < 4.78 is 5.22. The number of carbonyl (C=O) groups is 2. The Morgan fingerprint density at radius 1 is 1.15 bits per heavy atom. The van der Waals surface area contributed by atoms with Crippen LogP contribution in [0.4, 0.5) is 5.69 Å². The lowest BCUT2D eigenvalue weighted by Gasteiger charge is -2.19. The molecule has 0 spiro atoms. The molecule has 0 bridgehead atoms. The Bertz CT molecular complexity index is 753. The highest BCUT2D eigenvalue weighted by molar-refractivity contribution is 7.98. The Kier molecular flexibility index (Phi) is 7.81. The molecular formula is C19H21ClN2O3S. The van der Waals surface area contributed by atoms with Gasteiger partial charge in [-0.3, -0.25) is 9.59 Å².